The molecule has 0 radical (unpaired) electrons. The van der Waals surface area contributed by atoms with Crippen molar-refractivity contribution in [3.8, 4) is 0 Å². The van der Waals surface area contributed by atoms with Gasteiger partial charge in [-0.2, -0.15) is 0 Å². The second kappa shape index (κ2) is 8.27. The minimum absolute atomic E-state index is 0. The maximum absolute atomic E-state index is 12.7. The molecule has 2 fully saturated rings. The summed E-state index contributed by atoms with van der Waals surface area (Å²) in [6.45, 7) is 5.93. The summed E-state index contributed by atoms with van der Waals surface area (Å²) in [6.07, 6.45) is 5.28. The van der Waals surface area contributed by atoms with Crippen LogP contribution in [0.4, 0.5) is 0 Å². The highest BCUT2D eigenvalue weighted by atomic mass is 35.5. The number of rotatable bonds is 3. The molecule has 2 aliphatic rings. The van der Waals surface area contributed by atoms with E-state index >= 15 is 0 Å². The number of nitrogens with zero attached hydrogens (tertiary/aromatic N) is 2. The summed E-state index contributed by atoms with van der Waals surface area (Å²) in [7, 11) is 0. The number of likely N-dealkylation sites (tertiary alicyclic amines) is 1. The fourth-order valence-corrected chi connectivity index (χ4v) is 4.41. The van der Waals surface area contributed by atoms with Crippen LogP contribution in [0, 0.1) is 5.92 Å². The van der Waals surface area contributed by atoms with E-state index in [-0.39, 0.29) is 18.3 Å². The molecule has 3 rings (SSSR count). The zero-order valence-corrected chi connectivity index (χ0v) is 14.8. The van der Waals surface area contributed by atoms with Gasteiger partial charge in [0.15, 0.2) is 0 Å². The highest BCUT2D eigenvalue weighted by molar-refractivity contribution is 7.09. The number of hydrogen-bond acceptors (Lipinski definition) is 4. The van der Waals surface area contributed by atoms with Crippen LogP contribution >= 0.6 is 23.7 Å². The van der Waals surface area contributed by atoms with Gasteiger partial charge in [-0.15, -0.1) is 23.7 Å². The fraction of sp³-hybridized carbons (Fsp3) is 0.750. The number of halogens is 1. The van der Waals surface area contributed by atoms with Gasteiger partial charge in [-0.05, 0) is 45.2 Å². The van der Waals surface area contributed by atoms with Gasteiger partial charge in [-0.3, -0.25) is 4.79 Å². The number of thiazole rings is 1. The van der Waals surface area contributed by atoms with Crippen molar-refractivity contribution in [3.63, 3.8) is 0 Å². The van der Waals surface area contributed by atoms with E-state index in [2.05, 4.69) is 22.5 Å². The van der Waals surface area contributed by atoms with Crippen molar-refractivity contribution in [1.82, 2.24) is 15.2 Å². The van der Waals surface area contributed by atoms with Gasteiger partial charge in [0, 0.05) is 30.3 Å². The number of amides is 1. The molecular formula is C16H26ClN3OS. The molecule has 1 amide bonds. The molecule has 1 unspecified atom stereocenters. The Morgan fingerprint density at radius 3 is 2.86 bits per heavy atom. The number of aryl methyl sites for hydroxylation is 1. The van der Waals surface area contributed by atoms with Gasteiger partial charge in [-0.1, -0.05) is 6.92 Å². The van der Waals surface area contributed by atoms with Gasteiger partial charge in [0.05, 0.1) is 10.7 Å². The molecule has 1 aromatic rings. The summed E-state index contributed by atoms with van der Waals surface area (Å²) in [6, 6.07) is 0. The molecule has 2 aliphatic heterocycles. The van der Waals surface area contributed by atoms with Crippen molar-refractivity contribution in [2.45, 2.75) is 44.9 Å². The van der Waals surface area contributed by atoms with E-state index in [0.717, 1.165) is 51.9 Å². The van der Waals surface area contributed by atoms with E-state index < -0.39 is 0 Å². The predicted octanol–water partition coefficient (Wildman–Crippen LogP) is 2.83. The lowest BCUT2D eigenvalue weighted by molar-refractivity contribution is -0.137. The molecule has 0 aliphatic carbocycles. The Balaban J connectivity index is 0.00000176. The first-order valence-corrected chi connectivity index (χ1v) is 9.09. The van der Waals surface area contributed by atoms with Crippen molar-refractivity contribution >= 4 is 29.7 Å². The standard InChI is InChI=1S/C16H25N3OS.ClH/c1-2-14-11-21-15(18-14)13-4-3-9-19(10-13)16(20)12-5-7-17-8-6-12;/h11-13,17H,2-10H2,1H3;1H. The zero-order valence-electron chi connectivity index (χ0n) is 13.2. The van der Waals surface area contributed by atoms with Crippen molar-refractivity contribution in [2.75, 3.05) is 26.2 Å². The Hall–Kier alpha value is -0.650. The van der Waals surface area contributed by atoms with Crippen LogP contribution in [-0.4, -0.2) is 42.0 Å². The third-order valence-electron chi connectivity index (χ3n) is 4.70. The lowest BCUT2D eigenvalue weighted by atomic mass is 9.93. The molecule has 1 atom stereocenters. The van der Waals surface area contributed by atoms with Gasteiger partial charge in [0.1, 0.15) is 0 Å². The lowest BCUT2D eigenvalue weighted by Crippen LogP contribution is -2.45. The van der Waals surface area contributed by atoms with Crippen LogP contribution in [0.2, 0.25) is 0 Å². The van der Waals surface area contributed by atoms with Crippen molar-refractivity contribution in [3.05, 3.63) is 16.1 Å². The Morgan fingerprint density at radius 1 is 1.41 bits per heavy atom. The van der Waals surface area contributed by atoms with Crippen LogP contribution in [-0.2, 0) is 11.2 Å². The number of nitrogens with one attached hydrogen (secondary N) is 1. The summed E-state index contributed by atoms with van der Waals surface area (Å²) in [5.74, 6) is 1.08. The molecule has 6 heteroatoms. The number of aromatic nitrogens is 1. The maximum atomic E-state index is 12.7. The fourth-order valence-electron chi connectivity index (χ4n) is 3.38. The Labute approximate surface area is 143 Å². The minimum Gasteiger partial charge on any atom is -0.342 e. The summed E-state index contributed by atoms with van der Waals surface area (Å²) in [5, 5.41) is 6.74. The van der Waals surface area contributed by atoms with Crippen molar-refractivity contribution in [1.29, 1.82) is 0 Å². The van der Waals surface area contributed by atoms with Crippen LogP contribution in [0.3, 0.4) is 0 Å². The number of hydrogen-bond donors (Lipinski definition) is 1. The van der Waals surface area contributed by atoms with Gasteiger partial charge in [-0.25, -0.2) is 4.98 Å². The van der Waals surface area contributed by atoms with Gasteiger partial charge in [0.25, 0.3) is 0 Å². The molecule has 124 valence electrons. The minimum atomic E-state index is 0. The van der Waals surface area contributed by atoms with Gasteiger partial charge >= 0.3 is 0 Å². The summed E-state index contributed by atoms with van der Waals surface area (Å²) >= 11 is 1.77. The first-order chi connectivity index (χ1) is 10.3. The Morgan fingerprint density at radius 2 is 2.18 bits per heavy atom. The normalized spacial score (nSPS) is 23.1. The molecule has 4 nitrogen and oxygen atoms in total. The third kappa shape index (κ3) is 4.00. The predicted molar refractivity (Wildman–Crippen MR) is 92.9 cm³/mol. The zero-order chi connectivity index (χ0) is 14.7. The van der Waals surface area contributed by atoms with E-state index in [1.54, 1.807) is 11.3 Å². The van der Waals surface area contributed by atoms with E-state index in [1.165, 1.54) is 17.1 Å². The molecular weight excluding hydrogens is 318 g/mol. The second-order valence-corrected chi connectivity index (χ2v) is 7.07. The SMILES string of the molecule is CCc1csc(C2CCCN(C(=O)C3CCNCC3)C2)n1.Cl. The highest BCUT2D eigenvalue weighted by Gasteiger charge is 2.31. The molecule has 1 aromatic heterocycles. The summed E-state index contributed by atoms with van der Waals surface area (Å²) in [4.78, 5) is 19.5. The highest BCUT2D eigenvalue weighted by Crippen LogP contribution is 2.30. The largest absolute Gasteiger partial charge is 0.342 e. The average Bonchev–Trinajstić information content (AvgIpc) is 3.04. The second-order valence-electron chi connectivity index (χ2n) is 6.18. The summed E-state index contributed by atoms with van der Waals surface area (Å²) < 4.78 is 0. The number of piperidine rings is 2. The molecule has 0 saturated carbocycles. The molecule has 0 bridgehead atoms. The molecule has 0 aromatic carbocycles. The quantitative estimate of drug-likeness (QED) is 0.917. The van der Waals surface area contributed by atoms with Crippen LogP contribution < -0.4 is 5.32 Å². The first-order valence-electron chi connectivity index (χ1n) is 8.21. The third-order valence-corrected chi connectivity index (χ3v) is 5.76. The van der Waals surface area contributed by atoms with Crippen LogP contribution in [0.1, 0.15) is 49.2 Å². The van der Waals surface area contributed by atoms with Gasteiger partial charge in [0.2, 0.25) is 5.91 Å². The Bertz CT molecular complexity index is 487. The number of carbonyl (C=O) groups excluding carboxylic acids is 1. The van der Waals surface area contributed by atoms with Crippen LogP contribution in [0.5, 0.6) is 0 Å². The van der Waals surface area contributed by atoms with Crippen LogP contribution in [0.15, 0.2) is 5.38 Å². The van der Waals surface area contributed by atoms with E-state index in [4.69, 9.17) is 4.98 Å². The van der Waals surface area contributed by atoms with Crippen LogP contribution in [0.25, 0.3) is 0 Å². The van der Waals surface area contributed by atoms with Crippen molar-refractivity contribution < 1.29 is 4.79 Å². The molecule has 2 saturated heterocycles. The molecule has 3 heterocycles. The van der Waals surface area contributed by atoms with Gasteiger partial charge < -0.3 is 10.2 Å². The smallest absolute Gasteiger partial charge is 0.225 e. The van der Waals surface area contributed by atoms with E-state index in [0.29, 0.717) is 11.8 Å². The number of carbonyl (C=O) groups is 1. The molecule has 22 heavy (non-hydrogen) atoms. The van der Waals surface area contributed by atoms with Crippen molar-refractivity contribution in [2.24, 2.45) is 5.92 Å². The first kappa shape index (κ1) is 17.7. The lowest BCUT2D eigenvalue weighted by Gasteiger charge is -2.35. The maximum Gasteiger partial charge on any atom is 0.225 e. The average molecular weight is 344 g/mol. The Kier molecular flexibility index (Phi) is 6.66. The monoisotopic (exact) mass is 343 g/mol. The topological polar surface area (TPSA) is 45.2 Å². The summed E-state index contributed by atoms with van der Waals surface area (Å²) in [5.41, 5.74) is 1.19. The van der Waals surface area contributed by atoms with E-state index in [9.17, 15) is 4.79 Å². The van der Waals surface area contributed by atoms with E-state index in [1.807, 2.05) is 0 Å². The molecule has 0 spiro atoms. The molecule has 1 N–H and O–H groups in total.